The second-order valence-corrected chi connectivity index (χ2v) is 5.94. The van der Waals surface area contributed by atoms with Gasteiger partial charge in [-0.05, 0) is 18.4 Å². The molecule has 1 atom stereocenters. The van der Waals surface area contributed by atoms with Crippen molar-refractivity contribution in [3.8, 4) is 0 Å². The number of primary amides is 1. The fraction of sp³-hybridized carbons (Fsp3) is 0.562. The Morgan fingerprint density at radius 2 is 1.81 bits per heavy atom. The summed E-state index contributed by atoms with van der Waals surface area (Å²) < 4.78 is 0. The van der Waals surface area contributed by atoms with Crippen molar-refractivity contribution in [3.05, 3.63) is 35.9 Å². The Hall–Kier alpha value is -1.43. The highest BCUT2D eigenvalue weighted by Gasteiger charge is 2.34. The number of carbonyl (C=O) groups is 1. The first kappa shape index (κ1) is 14.5. The molecule has 0 spiro atoms. The standard InChI is InChI=1S/C16H24N4O/c17-16(21)15-7-4-8-20(15)19-11-9-18(10-12-19)13-14-5-2-1-3-6-14/h1-3,5-6,15H,4,7-13H2,(H2,17,21)/t15-/m0/s1. The maximum atomic E-state index is 11.5. The van der Waals surface area contributed by atoms with Gasteiger partial charge < -0.3 is 5.73 Å². The second-order valence-electron chi connectivity index (χ2n) is 5.94. The number of nitrogens with zero attached hydrogens (tertiary/aromatic N) is 3. The number of carbonyl (C=O) groups excluding carboxylic acids is 1. The molecule has 1 aromatic rings. The van der Waals surface area contributed by atoms with Gasteiger partial charge in [0.05, 0.1) is 0 Å². The van der Waals surface area contributed by atoms with E-state index in [1.165, 1.54) is 5.56 Å². The first-order chi connectivity index (χ1) is 10.2. The molecule has 0 aliphatic carbocycles. The Labute approximate surface area is 126 Å². The minimum absolute atomic E-state index is 0.0920. The third-order valence-electron chi connectivity index (χ3n) is 4.51. The van der Waals surface area contributed by atoms with E-state index in [0.717, 1.165) is 52.1 Å². The first-order valence-corrected chi connectivity index (χ1v) is 7.81. The minimum Gasteiger partial charge on any atom is -0.368 e. The van der Waals surface area contributed by atoms with Gasteiger partial charge in [-0.25, -0.2) is 10.0 Å². The molecule has 5 nitrogen and oxygen atoms in total. The Morgan fingerprint density at radius 3 is 2.48 bits per heavy atom. The lowest BCUT2D eigenvalue weighted by molar-refractivity contribution is -0.132. The number of piperazine rings is 1. The highest BCUT2D eigenvalue weighted by atomic mass is 16.1. The van der Waals surface area contributed by atoms with Gasteiger partial charge in [0.2, 0.25) is 5.91 Å². The Bertz CT molecular complexity index is 470. The summed E-state index contributed by atoms with van der Waals surface area (Å²) in [5, 5.41) is 4.52. The van der Waals surface area contributed by atoms with E-state index >= 15 is 0 Å². The van der Waals surface area contributed by atoms with Crippen molar-refractivity contribution in [1.82, 2.24) is 14.9 Å². The number of hydrogen-bond donors (Lipinski definition) is 1. The van der Waals surface area contributed by atoms with Crippen LogP contribution in [0.15, 0.2) is 30.3 Å². The van der Waals surface area contributed by atoms with Crippen molar-refractivity contribution in [2.45, 2.75) is 25.4 Å². The quantitative estimate of drug-likeness (QED) is 0.885. The van der Waals surface area contributed by atoms with Crippen molar-refractivity contribution < 1.29 is 4.79 Å². The molecular formula is C16H24N4O. The van der Waals surface area contributed by atoms with Gasteiger partial charge in [0, 0.05) is 39.3 Å². The number of rotatable bonds is 4. The molecule has 2 fully saturated rings. The summed E-state index contributed by atoms with van der Waals surface area (Å²) >= 11 is 0. The molecule has 0 aromatic heterocycles. The van der Waals surface area contributed by atoms with Crippen LogP contribution >= 0.6 is 0 Å². The van der Waals surface area contributed by atoms with Gasteiger partial charge in [-0.1, -0.05) is 30.3 Å². The molecule has 3 rings (SSSR count). The first-order valence-electron chi connectivity index (χ1n) is 7.81. The predicted molar refractivity (Wildman–Crippen MR) is 82.2 cm³/mol. The van der Waals surface area contributed by atoms with E-state index in [1.807, 2.05) is 0 Å². The van der Waals surface area contributed by atoms with E-state index in [2.05, 4.69) is 45.2 Å². The smallest absolute Gasteiger partial charge is 0.236 e. The van der Waals surface area contributed by atoms with Crippen molar-refractivity contribution >= 4 is 5.91 Å². The highest BCUT2D eigenvalue weighted by molar-refractivity contribution is 5.80. The lowest BCUT2D eigenvalue weighted by Crippen LogP contribution is -2.57. The van der Waals surface area contributed by atoms with Crippen LogP contribution in [0, 0.1) is 0 Å². The molecule has 114 valence electrons. The molecule has 21 heavy (non-hydrogen) atoms. The van der Waals surface area contributed by atoms with Gasteiger partial charge in [0.25, 0.3) is 0 Å². The molecule has 1 amide bonds. The van der Waals surface area contributed by atoms with Gasteiger partial charge in [0.1, 0.15) is 6.04 Å². The van der Waals surface area contributed by atoms with Crippen molar-refractivity contribution in [2.75, 3.05) is 32.7 Å². The van der Waals surface area contributed by atoms with Crippen LogP contribution in [0.3, 0.4) is 0 Å². The molecule has 0 unspecified atom stereocenters. The van der Waals surface area contributed by atoms with Gasteiger partial charge in [-0.15, -0.1) is 0 Å². The summed E-state index contributed by atoms with van der Waals surface area (Å²) in [4.78, 5) is 14.0. The molecule has 5 heteroatoms. The van der Waals surface area contributed by atoms with Crippen LogP contribution in [0.25, 0.3) is 0 Å². The summed E-state index contributed by atoms with van der Waals surface area (Å²) in [6.45, 7) is 6.02. The summed E-state index contributed by atoms with van der Waals surface area (Å²) in [7, 11) is 0. The van der Waals surface area contributed by atoms with Gasteiger partial charge >= 0.3 is 0 Å². The fourth-order valence-electron chi connectivity index (χ4n) is 3.37. The van der Waals surface area contributed by atoms with Crippen LogP contribution in [-0.2, 0) is 11.3 Å². The van der Waals surface area contributed by atoms with E-state index < -0.39 is 0 Å². The van der Waals surface area contributed by atoms with Crippen LogP contribution < -0.4 is 5.73 Å². The molecule has 2 heterocycles. The summed E-state index contributed by atoms with van der Waals surface area (Å²) in [6, 6.07) is 10.5. The number of benzene rings is 1. The monoisotopic (exact) mass is 288 g/mol. The maximum Gasteiger partial charge on any atom is 0.236 e. The van der Waals surface area contributed by atoms with Crippen LogP contribution in [0.2, 0.25) is 0 Å². The molecule has 0 bridgehead atoms. The van der Waals surface area contributed by atoms with E-state index in [0.29, 0.717) is 0 Å². The maximum absolute atomic E-state index is 11.5. The fourth-order valence-corrected chi connectivity index (χ4v) is 3.37. The van der Waals surface area contributed by atoms with Gasteiger partial charge in [-0.3, -0.25) is 9.69 Å². The molecular weight excluding hydrogens is 264 g/mol. The number of hydrazine groups is 1. The molecule has 2 saturated heterocycles. The molecule has 2 N–H and O–H groups in total. The largest absolute Gasteiger partial charge is 0.368 e. The van der Waals surface area contributed by atoms with Crippen molar-refractivity contribution in [1.29, 1.82) is 0 Å². The number of nitrogens with two attached hydrogens (primary N) is 1. The lowest BCUT2D eigenvalue weighted by Gasteiger charge is -2.41. The van der Waals surface area contributed by atoms with Crippen LogP contribution in [-0.4, -0.2) is 59.6 Å². The topological polar surface area (TPSA) is 52.8 Å². The normalized spacial score (nSPS) is 25.2. The van der Waals surface area contributed by atoms with Crippen LogP contribution in [0.1, 0.15) is 18.4 Å². The number of hydrogen-bond acceptors (Lipinski definition) is 4. The summed E-state index contributed by atoms with van der Waals surface area (Å²) in [6.07, 6.45) is 1.97. The predicted octanol–water partition coefficient (Wildman–Crippen LogP) is 0.669. The van der Waals surface area contributed by atoms with E-state index in [4.69, 9.17) is 5.73 Å². The van der Waals surface area contributed by atoms with E-state index in [-0.39, 0.29) is 11.9 Å². The number of amides is 1. The Morgan fingerprint density at radius 1 is 1.10 bits per heavy atom. The molecule has 2 aliphatic heterocycles. The van der Waals surface area contributed by atoms with E-state index in [1.54, 1.807) is 0 Å². The zero-order valence-electron chi connectivity index (χ0n) is 12.4. The van der Waals surface area contributed by atoms with E-state index in [9.17, 15) is 4.79 Å². The third-order valence-corrected chi connectivity index (χ3v) is 4.51. The lowest BCUT2D eigenvalue weighted by atomic mass is 10.2. The summed E-state index contributed by atoms with van der Waals surface area (Å²) in [5.74, 6) is -0.181. The molecule has 0 radical (unpaired) electrons. The Kier molecular flexibility index (Phi) is 4.53. The molecule has 2 aliphatic rings. The average molecular weight is 288 g/mol. The van der Waals surface area contributed by atoms with Crippen LogP contribution in [0.5, 0.6) is 0 Å². The second kappa shape index (κ2) is 6.56. The van der Waals surface area contributed by atoms with Crippen molar-refractivity contribution in [3.63, 3.8) is 0 Å². The average Bonchev–Trinajstić information content (AvgIpc) is 2.99. The third kappa shape index (κ3) is 3.43. The van der Waals surface area contributed by atoms with Gasteiger partial charge in [0.15, 0.2) is 0 Å². The van der Waals surface area contributed by atoms with Crippen LogP contribution in [0.4, 0.5) is 0 Å². The highest BCUT2D eigenvalue weighted by Crippen LogP contribution is 2.21. The SMILES string of the molecule is NC(=O)[C@@H]1CCCN1N1CCN(Cc2ccccc2)CC1. The van der Waals surface area contributed by atoms with Gasteiger partial charge in [-0.2, -0.15) is 0 Å². The van der Waals surface area contributed by atoms with Crippen molar-refractivity contribution in [2.24, 2.45) is 5.73 Å². The zero-order chi connectivity index (χ0) is 14.7. The minimum atomic E-state index is -0.181. The zero-order valence-corrected chi connectivity index (χ0v) is 12.4. The molecule has 0 saturated carbocycles. The summed E-state index contributed by atoms with van der Waals surface area (Å²) in [5.41, 5.74) is 6.87. The molecule has 1 aromatic carbocycles. The Balaban J connectivity index is 1.52.